The van der Waals surface area contributed by atoms with Crippen molar-refractivity contribution >= 4 is 17.7 Å². The summed E-state index contributed by atoms with van der Waals surface area (Å²) in [7, 11) is 0. The number of nitrogens with one attached hydrogen (secondary N) is 2. The molecule has 1 saturated heterocycles. The third kappa shape index (κ3) is 6.42. The molecule has 0 bridgehead atoms. The zero-order valence-electron chi connectivity index (χ0n) is 19.1. The third-order valence-corrected chi connectivity index (χ3v) is 6.29. The van der Waals surface area contributed by atoms with Crippen LogP contribution in [0.5, 0.6) is 0 Å². The minimum atomic E-state index is -1.51. The molecule has 2 aromatic rings. The molecule has 4 rings (SSSR count). The number of aliphatic hydroxyl groups excluding tert-OH is 1. The Balaban J connectivity index is 1.43. The number of nitrogens with zero attached hydrogens (tertiary/aromatic N) is 1. The van der Waals surface area contributed by atoms with Crippen molar-refractivity contribution in [2.75, 3.05) is 6.61 Å². The highest BCUT2D eigenvalue weighted by atomic mass is 16.7. The van der Waals surface area contributed by atoms with Crippen LogP contribution in [-0.4, -0.2) is 52.5 Å². The van der Waals surface area contributed by atoms with Gasteiger partial charge in [-0.2, -0.15) is 0 Å². The quantitative estimate of drug-likeness (QED) is 0.438. The van der Waals surface area contributed by atoms with Crippen molar-refractivity contribution < 1.29 is 24.3 Å². The van der Waals surface area contributed by atoms with Crippen molar-refractivity contribution in [2.45, 2.75) is 56.8 Å². The minimum absolute atomic E-state index is 0.0876. The Kier molecular flexibility index (Phi) is 7.92. The van der Waals surface area contributed by atoms with Crippen LogP contribution in [0, 0.1) is 5.92 Å². The minimum Gasteiger partial charge on any atom is -0.381 e. The standard InChI is InChI=1S/C26H31N3O5/c30-23-14-13-22(29(23)16-19-9-5-2-6-10-19)25(32)27-21(15-18-7-3-1-4-8-18)24(31)26(33)28-34-17-20-11-12-20/h1-10,20-22,24,31H,11-17H2,(H,27,32)(H,28,33)/t21?,22-,24?/m1/s1. The van der Waals surface area contributed by atoms with Crippen LogP contribution in [-0.2, 0) is 32.2 Å². The van der Waals surface area contributed by atoms with Crippen molar-refractivity contribution in [3.05, 3.63) is 71.8 Å². The molecule has 2 unspecified atom stereocenters. The van der Waals surface area contributed by atoms with Crippen molar-refractivity contribution in [1.82, 2.24) is 15.7 Å². The topological polar surface area (TPSA) is 108 Å². The van der Waals surface area contributed by atoms with Crippen molar-refractivity contribution in [3.63, 3.8) is 0 Å². The molecular formula is C26H31N3O5. The number of rotatable bonds is 11. The number of amides is 3. The highest BCUT2D eigenvalue weighted by Gasteiger charge is 2.38. The number of hydrogen-bond donors (Lipinski definition) is 3. The Morgan fingerprint density at radius 1 is 1.00 bits per heavy atom. The first-order valence-corrected chi connectivity index (χ1v) is 11.8. The number of hydrogen-bond acceptors (Lipinski definition) is 5. The van der Waals surface area contributed by atoms with E-state index in [-0.39, 0.29) is 24.7 Å². The molecule has 1 heterocycles. The lowest BCUT2D eigenvalue weighted by atomic mass is 10.00. The van der Waals surface area contributed by atoms with Gasteiger partial charge in [-0.3, -0.25) is 19.2 Å². The first kappa shape index (κ1) is 23.9. The van der Waals surface area contributed by atoms with Crippen LogP contribution in [0.4, 0.5) is 0 Å². The molecule has 0 spiro atoms. The van der Waals surface area contributed by atoms with Gasteiger partial charge in [-0.1, -0.05) is 60.7 Å². The summed E-state index contributed by atoms with van der Waals surface area (Å²) in [5, 5.41) is 13.6. The summed E-state index contributed by atoms with van der Waals surface area (Å²) in [4.78, 5) is 45.1. The fraction of sp³-hybridized carbons (Fsp3) is 0.423. The van der Waals surface area contributed by atoms with Crippen LogP contribution >= 0.6 is 0 Å². The molecule has 0 radical (unpaired) electrons. The molecule has 3 N–H and O–H groups in total. The predicted octanol–water partition coefficient (Wildman–Crippen LogP) is 1.72. The SMILES string of the molecule is O=C(NOCC1CC1)C(O)C(Cc1ccccc1)NC(=O)[C@H]1CCC(=O)N1Cc1ccccc1. The van der Waals surface area contributed by atoms with Crippen molar-refractivity contribution in [3.8, 4) is 0 Å². The number of benzene rings is 2. The Morgan fingerprint density at radius 3 is 2.29 bits per heavy atom. The lowest BCUT2D eigenvalue weighted by Crippen LogP contribution is -2.55. The van der Waals surface area contributed by atoms with E-state index < -0.39 is 24.1 Å². The van der Waals surface area contributed by atoms with E-state index in [0.717, 1.165) is 24.0 Å². The first-order chi connectivity index (χ1) is 16.5. The van der Waals surface area contributed by atoms with Gasteiger partial charge in [0.05, 0.1) is 12.6 Å². The second-order valence-electron chi connectivity index (χ2n) is 9.03. The van der Waals surface area contributed by atoms with E-state index in [1.807, 2.05) is 60.7 Å². The maximum absolute atomic E-state index is 13.3. The molecule has 1 aliphatic carbocycles. The molecule has 34 heavy (non-hydrogen) atoms. The van der Waals surface area contributed by atoms with Gasteiger partial charge < -0.3 is 15.3 Å². The molecule has 1 saturated carbocycles. The van der Waals surface area contributed by atoms with E-state index in [0.29, 0.717) is 25.5 Å². The molecule has 0 aromatic heterocycles. The molecule has 1 aliphatic heterocycles. The van der Waals surface area contributed by atoms with Crippen LogP contribution in [0.25, 0.3) is 0 Å². The first-order valence-electron chi connectivity index (χ1n) is 11.8. The van der Waals surface area contributed by atoms with Gasteiger partial charge in [0, 0.05) is 13.0 Å². The van der Waals surface area contributed by atoms with E-state index in [4.69, 9.17) is 4.84 Å². The fourth-order valence-electron chi connectivity index (χ4n) is 4.13. The van der Waals surface area contributed by atoms with Gasteiger partial charge in [-0.15, -0.1) is 0 Å². The third-order valence-electron chi connectivity index (χ3n) is 6.29. The molecule has 180 valence electrons. The van der Waals surface area contributed by atoms with Crippen LogP contribution in [0.1, 0.15) is 36.8 Å². The summed E-state index contributed by atoms with van der Waals surface area (Å²) in [5.74, 6) is -0.720. The van der Waals surface area contributed by atoms with Gasteiger partial charge in [0.1, 0.15) is 6.04 Å². The lowest BCUT2D eigenvalue weighted by Gasteiger charge is -2.28. The van der Waals surface area contributed by atoms with Gasteiger partial charge in [-0.25, -0.2) is 5.48 Å². The van der Waals surface area contributed by atoms with Gasteiger partial charge in [-0.05, 0) is 42.7 Å². The van der Waals surface area contributed by atoms with Gasteiger partial charge in [0.25, 0.3) is 5.91 Å². The number of hydroxylamine groups is 1. The van der Waals surface area contributed by atoms with E-state index >= 15 is 0 Å². The summed E-state index contributed by atoms with van der Waals surface area (Å²) in [6.45, 7) is 0.742. The maximum Gasteiger partial charge on any atom is 0.274 e. The molecule has 3 atom stereocenters. The van der Waals surface area contributed by atoms with Gasteiger partial charge in [0.2, 0.25) is 11.8 Å². The molecule has 8 heteroatoms. The Labute approximate surface area is 199 Å². The summed E-state index contributed by atoms with van der Waals surface area (Å²) >= 11 is 0. The molecular weight excluding hydrogens is 434 g/mol. The number of carbonyl (C=O) groups is 3. The molecule has 2 aliphatic rings. The second-order valence-corrected chi connectivity index (χ2v) is 9.03. The molecule has 2 fully saturated rings. The van der Waals surface area contributed by atoms with E-state index in [9.17, 15) is 19.5 Å². The Bertz CT molecular complexity index is 980. The monoisotopic (exact) mass is 465 g/mol. The number of aliphatic hydroxyl groups is 1. The molecule has 3 amide bonds. The van der Waals surface area contributed by atoms with E-state index in [1.54, 1.807) is 4.90 Å². The molecule has 8 nitrogen and oxygen atoms in total. The zero-order valence-corrected chi connectivity index (χ0v) is 19.1. The lowest BCUT2D eigenvalue weighted by molar-refractivity contribution is -0.145. The summed E-state index contributed by atoms with van der Waals surface area (Å²) in [5.41, 5.74) is 4.10. The second kappa shape index (κ2) is 11.3. The van der Waals surface area contributed by atoms with Gasteiger partial charge >= 0.3 is 0 Å². The summed E-state index contributed by atoms with van der Waals surface area (Å²) in [6.07, 6.45) is 1.57. The van der Waals surface area contributed by atoms with E-state index in [1.165, 1.54) is 0 Å². The zero-order chi connectivity index (χ0) is 23.9. The van der Waals surface area contributed by atoms with E-state index in [2.05, 4.69) is 10.8 Å². The van der Waals surface area contributed by atoms with Gasteiger partial charge in [0.15, 0.2) is 6.10 Å². The Morgan fingerprint density at radius 2 is 1.65 bits per heavy atom. The fourth-order valence-corrected chi connectivity index (χ4v) is 4.13. The summed E-state index contributed by atoms with van der Waals surface area (Å²) in [6, 6.07) is 17.3. The number of likely N-dealkylation sites (tertiary alicyclic amines) is 1. The predicted molar refractivity (Wildman–Crippen MR) is 125 cm³/mol. The largest absolute Gasteiger partial charge is 0.381 e. The highest BCUT2D eigenvalue weighted by molar-refractivity contribution is 5.91. The Hall–Kier alpha value is -3.23. The smallest absolute Gasteiger partial charge is 0.274 e. The molecule has 2 aromatic carbocycles. The average Bonchev–Trinajstić information content (AvgIpc) is 3.61. The summed E-state index contributed by atoms with van der Waals surface area (Å²) < 4.78 is 0. The van der Waals surface area contributed by atoms with Crippen LogP contribution < -0.4 is 10.8 Å². The van der Waals surface area contributed by atoms with Crippen LogP contribution in [0.2, 0.25) is 0 Å². The van der Waals surface area contributed by atoms with Crippen molar-refractivity contribution in [1.29, 1.82) is 0 Å². The highest BCUT2D eigenvalue weighted by Crippen LogP contribution is 2.28. The maximum atomic E-state index is 13.3. The average molecular weight is 466 g/mol. The van der Waals surface area contributed by atoms with Crippen LogP contribution in [0.3, 0.4) is 0 Å². The van der Waals surface area contributed by atoms with Crippen LogP contribution in [0.15, 0.2) is 60.7 Å². The normalized spacial score (nSPS) is 19.5. The number of carbonyl (C=O) groups excluding carboxylic acids is 3. The van der Waals surface area contributed by atoms with Crippen molar-refractivity contribution in [2.24, 2.45) is 5.92 Å².